The summed E-state index contributed by atoms with van der Waals surface area (Å²) in [5, 5.41) is 0.380. The van der Waals surface area contributed by atoms with E-state index < -0.39 is 10.8 Å². The van der Waals surface area contributed by atoms with Crippen LogP contribution in [0, 0.1) is 0 Å². The molecule has 0 saturated carbocycles. The second-order valence-electron chi connectivity index (χ2n) is 3.70. The zero-order valence-corrected chi connectivity index (χ0v) is 8.59. The van der Waals surface area contributed by atoms with E-state index in [0.29, 0.717) is 11.2 Å². The quantitative estimate of drug-likeness (QED) is 0.670. The van der Waals surface area contributed by atoms with Crippen molar-refractivity contribution in [2.24, 2.45) is 0 Å². The molecule has 1 saturated heterocycles. The predicted octanol–water partition coefficient (Wildman–Crippen LogP) is 2.31. The highest BCUT2D eigenvalue weighted by Crippen LogP contribution is 2.30. The van der Waals surface area contributed by atoms with Gasteiger partial charge in [-0.25, -0.2) is 0 Å². The van der Waals surface area contributed by atoms with Crippen molar-refractivity contribution < 1.29 is 4.21 Å². The van der Waals surface area contributed by atoms with Gasteiger partial charge < -0.3 is 0 Å². The third kappa shape index (κ3) is 1.83. The minimum absolute atomic E-state index is 0.380. The van der Waals surface area contributed by atoms with Crippen LogP contribution in [0.2, 0.25) is 0 Å². The van der Waals surface area contributed by atoms with E-state index in [1.165, 1.54) is 5.56 Å². The summed E-state index contributed by atoms with van der Waals surface area (Å²) >= 11 is 0. The van der Waals surface area contributed by atoms with Crippen molar-refractivity contribution in [2.45, 2.75) is 24.5 Å². The molecule has 1 fully saturated rings. The molecule has 2 heteroatoms. The molecule has 1 aliphatic rings. The van der Waals surface area contributed by atoms with Gasteiger partial charge in [-0.3, -0.25) is 4.21 Å². The normalized spacial score (nSPS) is 33.5. The Morgan fingerprint density at radius 1 is 1.31 bits per heavy atom. The molecule has 1 aliphatic heterocycles. The molecule has 0 bridgehead atoms. The van der Waals surface area contributed by atoms with Gasteiger partial charge in [-0.2, -0.15) is 0 Å². The highest BCUT2D eigenvalue weighted by molar-refractivity contribution is 7.85. The van der Waals surface area contributed by atoms with Crippen molar-refractivity contribution >= 4 is 10.8 Å². The number of rotatable bonds is 1. The summed E-state index contributed by atoms with van der Waals surface area (Å²) in [7, 11) is -0.598. The van der Waals surface area contributed by atoms with E-state index >= 15 is 0 Å². The van der Waals surface area contributed by atoms with Gasteiger partial charge in [-0.15, -0.1) is 0 Å². The Kier molecular flexibility index (Phi) is 2.49. The summed E-state index contributed by atoms with van der Waals surface area (Å²) in [4.78, 5) is 0. The lowest BCUT2D eigenvalue weighted by Crippen LogP contribution is -2.01. The van der Waals surface area contributed by atoms with Crippen molar-refractivity contribution in [1.82, 2.24) is 0 Å². The van der Waals surface area contributed by atoms with Gasteiger partial charge in [0, 0.05) is 21.8 Å². The zero-order chi connectivity index (χ0) is 9.26. The van der Waals surface area contributed by atoms with E-state index in [1.54, 1.807) is 0 Å². The fourth-order valence-electron chi connectivity index (χ4n) is 1.90. The van der Waals surface area contributed by atoms with Crippen LogP contribution in [0.25, 0.3) is 0 Å². The van der Waals surface area contributed by atoms with E-state index in [2.05, 4.69) is 31.2 Å². The van der Waals surface area contributed by atoms with Crippen LogP contribution in [0.3, 0.4) is 0 Å². The molecule has 0 amide bonds. The molecule has 3 unspecified atom stereocenters. The van der Waals surface area contributed by atoms with E-state index in [1.807, 2.05) is 6.07 Å². The zero-order valence-electron chi connectivity index (χ0n) is 7.77. The van der Waals surface area contributed by atoms with Crippen LogP contribution < -0.4 is 0 Å². The minimum Gasteiger partial charge on any atom is -0.259 e. The van der Waals surface area contributed by atoms with E-state index in [4.69, 9.17) is 0 Å². The smallest absolute Gasteiger partial charge is 0.0326 e. The third-order valence-corrected chi connectivity index (χ3v) is 4.52. The van der Waals surface area contributed by atoms with Gasteiger partial charge in [0.15, 0.2) is 0 Å². The van der Waals surface area contributed by atoms with Crippen molar-refractivity contribution in [1.29, 1.82) is 0 Å². The number of hydrogen-bond acceptors (Lipinski definition) is 1. The molecule has 2 rings (SSSR count). The SMILES string of the molecule is CC1CC(c2ccccc2)CS1=O. The Labute approximate surface area is 81.6 Å². The largest absolute Gasteiger partial charge is 0.259 e. The van der Waals surface area contributed by atoms with Gasteiger partial charge in [0.2, 0.25) is 0 Å². The molecule has 70 valence electrons. The monoisotopic (exact) mass is 194 g/mol. The molecule has 13 heavy (non-hydrogen) atoms. The van der Waals surface area contributed by atoms with Crippen molar-refractivity contribution in [2.75, 3.05) is 5.75 Å². The lowest BCUT2D eigenvalue weighted by atomic mass is 9.97. The van der Waals surface area contributed by atoms with Crippen LogP contribution in [-0.2, 0) is 10.8 Å². The second-order valence-corrected chi connectivity index (χ2v) is 5.60. The van der Waals surface area contributed by atoms with Crippen LogP contribution in [0.4, 0.5) is 0 Å². The summed E-state index contributed by atoms with van der Waals surface area (Å²) in [6.07, 6.45) is 1.08. The van der Waals surface area contributed by atoms with Gasteiger partial charge in [0.1, 0.15) is 0 Å². The summed E-state index contributed by atoms with van der Waals surface area (Å²) in [6, 6.07) is 10.4. The van der Waals surface area contributed by atoms with Gasteiger partial charge in [0.05, 0.1) is 0 Å². The van der Waals surface area contributed by atoms with E-state index in [-0.39, 0.29) is 0 Å². The van der Waals surface area contributed by atoms with Crippen LogP contribution in [-0.4, -0.2) is 15.2 Å². The molecule has 0 radical (unpaired) electrons. The highest BCUT2D eigenvalue weighted by atomic mass is 32.2. The summed E-state index contributed by atoms with van der Waals surface area (Å²) < 4.78 is 11.5. The van der Waals surface area contributed by atoms with Gasteiger partial charge in [-0.1, -0.05) is 37.3 Å². The Morgan fingerprint density at radius 3 is 2.54 bits per heavy atom. The second kappa shape index (κ2) is 3.62. The predicted molar refractivity (Wildman–Crippen MR) is 56.3 cm³/mol. The Hall–Kier alpha value is -0.630. The first-order valence-corrected chi connectivity index (χ1v) is 6.07. The molecule has 0 spiro atoms. The molecule has 0 N–H and O–H groups in total. The van der Waals surface area contributed by atoms with Crippen molar-refractivity contribution in [3.8, 4) is 0 Å². The molecule has 1 aromatic rings. The molecule has 3 atom stereocenters. The van der Waals surface area contributed by atoms with Crippen molar-refractivity contribution in [3.63, 3.8) is 0 Å². The molecule has 1 aromatic carbocycles. The topological polar surface area (TPSA) is 17.1 Å². The number of hydrogen-bond donors (Lipinski definition) is 0. The van der Waals surface area contributed by atoms with E-state index in [9.17, 15) is 4.21 Å². The van der Waals surface area contributed by atoms with Crippen molar-refractivity contribution in [3.05, 3.63) is 35.9 Å². The Morgan fingerprint density at radius 2 is 2.00 bits per heavy atom. The molecule has 1 heterocycles. The summed E-state index contributed by atoms with van der Waals surface area (Å²) in [6.45, 7) is 2.08. The van der Waals surface area contributed by atoms with E-state index in [0.717, 1.165) is 12.2 Å². The first-order chi connectivity index (χ1) is 6.27. The molecular weight excluding hydrogens is 180 g/mol. The third-order valence-electron chi connectivity index (χ3n) is 2.70. The lowest BCUT2D eigenvalue weighted by Gasteiger charge is -2.07. The number of benzene rings is 1. The Bertz CT molecular complexity index is 307. The summed E-state index contributed by atoms with van der Waals surface area (Å²) in [5.74, 6) is 1.38. The highest BCUT2D eigenvalue weighted by Gasteiger charge is 2.28. The lowest BCUT2D eigenvalue weighted by molar-refractivity contribution is 0.679. The molecule has 0 aliphatic carbocycles. The Balaban J connectivity index is 2.17. The van der Waals surface area contributed by atoms with Gasteiger partial charge in [-0.05, 0) is 17.9 Å². The maximum Gasteiger partial charge on any atom is 0.0326 e. The fraction of sp³-hybridized carbons (Fsp3) is 0.455. The maximum atomic E-state index is 11.5. The van der Waals surface area contributed by atoms with Crippen LogP contribution >= 0.6 is 0 Å². The van der Waals surface area contributed by atoms with Crippen LogP contribution in [0.5, 0.6) is 0 Å². The van der Waals surface area contributed by atoms with Crippen LogP contribution in [0.15, 0.2) is 30.3 Å². The average molecular weight is 194 g/mol. The molecule has 1 nitrogen and oxygen atoms in total. The fourth-order valence-corrected chi connectivity index (χ4v) is 3.40. The minimum atomic E-state index is -0.598. The summed E-state index contributed by atoms with van der Waals surface area (Å²) in [5.41, 5.74) is 1.35. The van der Waals surface area contributed by atoms with Crippen LogP contribution in [0.1, 0.15) is 24.8 Å². The standard InChI is InChI=1S/C11H14OS/c1-9-7-11(8-13(9)12)10-5-3-2-4-6-10/h2-6,9,11H,7-8H2,1H3. The van der Waals surface area contributed by atoms with Gasteiger partial charge in [0.25, 0.3) is 0 Å². The molecule has 0 aromatic heterocycles. The maximum absolute atomic E-state index is 11.5. The first kappa shape index (κ1) is 8.95. The molecular formula is C11H14OS. The average Bonchev–Trinajstić information content (AvgIpc) is 2.49. The first-order valence-electron chi connectivity index (χ1n) is 4.69. The van der Waals surface area contributed by atoms with Gasteiger partial charge >= 0.3 is 0 Å².